The van der Waals surface area contributed by atoms with Crippen molar-refractivity contribution in [2.75, 3.05) is 11.1 Å². The van der Waals surface area contributed by atoms with Crippen molar-refractivity contribution in [1.82, 2.24) is 0 Å². The highest BCUT2D eigenvalue weighted by molar-refractivity contribution is 8.13. The molecule has 0 saturated carbocycles. The summed E-state index contributed by atoms with van der Waals surface area (Å²) in [5.41, 5.74) is 0.587. The fourth-order valence-electron chi connectivity index (χ4n) is 1.51. The molecule has 1 atom stereocenters. The Morgan fingerprint density at radius 3 is 2.65 bits per heavy atom. The van der Waals surface area contributed by atoms with Crippen LogP contribution < -0.4 is 5.32 Å². The predicted octanol–water partition coefficient (Wildman–Crippen LogP) is 2.63. The number of carboxylic acid groups (broad SMARTS) is 1. The van der Waals surface area contributed by atoms with Crippen molar-refractivity contribution in [2.45, 2.75) is 20.3 Å². The number of carbonyl (C=O) groups is 3. The summed E-state index contributed by atoms with van der Waals surface area (Å²) in [6.07, 6.45) is 0.592. The first kappa shape index (κ1) is 16.2. The van der Waals surface area contributed by atoms with Crippen molar-refractivity contribution < 1.29 is 19.5 Å². The van der Waals surface area contributed by atoms with Crippen molar-refractivity contribution in [3.63, 3.8) is 0 Å². The summed E-state index contributed by atoms with van der Waals surface area (Å²) in [6.45, 7) is 3.27. The lowest BCUT2D eigenvalue weighted by molar-refractivity contribution is -0.119. The average Bonchev–Trinajstić information content (AvgIpc) is 2.38. The van der Waals surface area contributed by atoms with Crippen molar-refractivity contribution in [1.29, 1.82) is 0 Å². The highest BCUT2D eigenvalue weighted by Crippen LogP contribution is 2.15. The van der Waals surface area contributed by atoms with Crippen molar-refractivity contribution in [3.8, 4) is 0 Å². The van der Waals surface area contributed by atoms with Gasteiger partial charge in [0.1, 0.15) is 0 Å². The molecule has 0 unspecified atom stereocenters. The number of rotatable bonds is 6. The van der Waals surface area contributed by atoms with Crippen LogP contribution in [0.25, 0.3) is 0 Å². The van der Waals surface area contributed by atoms with E-state index in [1.807, 2.05) is 0 Å². The van der Waals surface area contributed by atoms with Gasteiger partial charge in [0.15, 0.2) is 5.12 Å². The van der Waals surface area contributed by atoms with Crippen LogP contribution >= 0.6 is 11.8 Å². The maximum Gasteiger partial charge on any atom is 0.335 e. The second kappa shape index (κ2) is 7.69. The maximum absolute atomic E-state index is 11.9. The molecule has 1 aromatic rings. The average molecular weight is 295 g/mol. The second-order valence-corrected chi connectivity index (χ2v) is 5.68. The summed E-state index contributed by atoms with van der Waals surface area (Å²) in [7, 11) is 0. The van der Waals surface area contributed by atoms with Crippen LogP contribution in [-0.4, -0.2) is 27.9 Å². The summed E-state index contributed by atoms with van der Waals surface area (Å²) in [5.74, 6) is -0.863. The SMILES string of the molecule is CC(=O)SCC[C@H](C)C(=O)Nc1cccc(C(=O)O)c1. The quantitative estimate of drug-likeness (QED) is 0.843. The molecule has 0 aliphatic heterocycles. The summed E-state index contributed by atoms with van der Waals surface area (Å²) >= 11 is 1.19. The first-order valence-corrected chi connectivity index (χ1v) is 7.16. The summed E-state index contributed by atoms with van der Waals surface area (Å²) in [4.78, 5) is 33.5. The minimum absolute atomic E-state index is 0.0340. The third-order valence-corrected chi connectivity index (χ3v) is 3.53. The molecule has 0 saturated heterocycles. The first-order chi connectivity index (χ1) is 9.40. The zero-order valence-electron chi connectivity index (χ0n) is 11.4. The van der Waals surface area contributed by atoms with Crippen LogP contribution in [0.5, 0.6) is 0 Å². The topological polar surface area (TPSA) is 83.5 Å². The third kappa shape index (κ3) is 5.44. The lowest BCUT2D eigenvalue weighted by Crippen LogP contribution is -2.21. The van der Waals surface area contributed by atoms with Gasteiger partial charge in [0.05, 0.1) is 5.56 Å². The van der Waals surface area contributed by atoms with Gasteiger partial charge in [-0.1, -0.05) is 24.8 Å². The first-order valence-electron chi connectivity index (χ1n) is 6.17. The van der Waals surface area contributed by atoms with Crippen molar-refractivity contribution in [3.05, 3.63) is 29.8 Å². The van der Waals surface area contributed by atoms with E-state index >= 15 is 0 Å². The molecule has 0 aliphatic rings. The molecular formula is C14H17NO4S. The molecule has 20 heavy (non-hydrogen) atoms. The van der Waals surface area contributed by atoms with E-state index in [4.69, 9.17) is 5.11 Å². The Balaban J connectivity index is 2.54. The molecule has 0 aliphatic carbocycles. The zero-order valence-corrected chi connectivity index (χ0v) is 12.2. The molecule has 1 rings (SSSR count). The second-order valence-electron chi connectivity index (χ2n) is 4.40. The van der Waals surface area contributed by atoms with Gasteiger partial charge in [-0.25, -0.2) is 4.79 Å². The van der Waals surface area contributed by atoms with Gasteiger partial charge in [-0.15, -0.1) is 0 Å². The lowest BCUT2D eigenvalue weighted by atomic mass is 10.1. The molecule has 0 aromatic heterocycles. The smallest absolute Gasteiger partial charge is 0.335 e. The summed E-state index contributed by atoms with van der Waals surface area (Å²) in [5, 5.41) is 11.6. The van der Waals surface area contributed by atoms with E-state index in [2.05, 4.69) is 5.32 Å². The standard InChI is InChI=1S/C14H17NO4S/c1-9(6-7-20-10(2)16)13(17)15-12-5-3-4-11(8-12)14(18)19/h3-5,8-9H,6-7H2,1-2H3,(H,15,17)(H,18,19)/t9-/m0/s1. The number of benzene rings is 1. The lowest BCUT2D eigenvalue weighted by Gasteiger charge is -2.11. The van der Waals surface area contributed by atoms with Gasteiger partial charge in [0.2, 0.25) is 5.91 Å². The van der Waals surface area contributed by atoms with Crippen LogP contribution in [0.1, 0.15) is 30.6 Å². The number of hydrogen-bond acceptors (Lipinski definition) is 4. The molecule has 0 radical (unpaired) electrons. The number of aromatic carboxylic acids is 1. The van der Waals surface area contributed by atoms with E-state index < -0.39 is 5.97 Å². The minimum Gasteiger partial charge on any atom is -0.478 e. The van der Waals surface area contributed by atoms with E-state index in [0.29, 0.717) is 17.9 Å². The molecule has 108 valence electrons. The van der Waals surface area contributed by atoms with Gasteiger partial charge >= 0.3 is 5.97 Å². The van der Waals surface area contributed by atoms with E-state index in [0.717, 1.165) is 0 Å². The van der Waals surface area contributed by atoms with E-state index in [1.165, 1.54) is 30.8 Å². The minimum atomic E-state index is -1.04. The number of amides is 1. The maximum atomic E-state index is 11.9. The molecule has 0 heterocycles. The Bertz CT molecular complexity index is 516. The molecular weight excluding hydrogens is 278 g/mol. The zero-order chi connectivity index (χ0) is 15.1. The van der Waals surface area contributed by atoms with Gasteiger partial charge in [-0.3, -0.25) is 9.59 Å². The fourth-order valence-corrected chi connectivity index (χ4v) is 2.26. The molecule has 1 amide bonds. The highest BCUT2D eigenvalue weighted by Gasteiger charge is 2.14. The molecule has 1 aromatic carbocycles. The number of anilines is 1. The third-order valence-electron chi connectivity index (χ3n) is 2.68. The Kier molecular flexibility index (Phi) is 6.24. The monoisotopic (exact) mass is 295 g/mol. The number of hydrogen-bond donors (Lipinski definition) is 2. The summed E-state index contributed by atoms with van der Waals surface area (Å²) in [6, 6.07) is 6.10. The van der Waals surface area contributed by atoms with Gasteiger partial charge in [-0.05, 0) is 24.6 Å². The van der Waals surface area contributed by atoms with Crippen LogP contribution in [0.2, 0.25) is 0 Å². The molecule has 0 fully saturated rings. The molecule has 0 spiro atoms. The van der Waals surface area contributed by atoms with Gasteiger partial charge in [0.25, 0.3) is 0 Å². The van der Waals surface area contributed by atoms with Gasteiger partial charge in [-0.2, -0.15) is 0 Å². The van der Waals surface area contributed by atoms with Crippen molar-refractivity contribution >= 4 is 34.4 Å². The Hall–Kier alpha value is -1.82. The Labute approximate surface area is 121 Å². The van der Waals surface area contributed by atoms with Crippen LogP contribution in [0.4, 0.5) is 5.69 Å². The van der Waals surface area contributed by atoms with Gasteiger partial charge in [0, 0.05) is 24.3 Å². The summed E-state index contributed by atoms with van der Waals surface area (Å²) < 4.78 is 0. The van der Waals surface area contributed by atoms with E-state index in [9.17, 15) is 14.4 Å². The number of thioether (sulfide) groups is 1. The number of carboxylic acids is 1. The number of nitrogens with one attached hydrogen (secondary N) is 1. The predicted molar refractivity (Wildman–Crippen MR) is 79.0 cm³/mol. The Morgan fingerprint density at radius 1 is 1.35 bits per heavy atom. The molecule has 2 N–H and O–H groups in total. The van der Waals surface area contributed by atoms with Crippen molar-refractivity contribution in [2.24, 2.45) is 5.92 Å². The van der Waals surface area contributed by atoms with Crippen LogP contribution in [0, 0.1) is 5.92 Å². The molecule has 5 nitrogen and oxygen atoms in total. The highest BCUT2D eigenvalue weighted by atomic mass is 32.2. The Morgan fingerprint density at radius 2 is 2.05 bits per heavy atom. The van der Waals surface area contributed by atoms with Crippen LogP contribution in [0.15, 0.2) is 24.3 Å². The molecule has 6 heteroatoms. The van der Waals surface area contributed by atoms with E-state index in [1.54, 1.807) is 19.1 Å². The van der Waals surface area contributed by atoms with E-state index in [-0.39, 0.29) is 22.5 Å². The normalized spacial score (nSPS) is 11.7. The fraction of sp³-hybridized carbons (Fsp3) is 0.357. The van der Waals surface area contributed by atoms with Crippen LogP contribution in [0.3, 0.4) is 0 Å². The number of carbonyl (C=O) groups excluding carboxylic acids is 2. The molecule has 0 bridgehead atoms. The largest absolute Gasteiger partial charge is 0.478 e. The van der Waals surface area contributed by atoms with Crippen LogP contribution in [-0.2, 0) is 9.59 Å². The van der Waals surface area contributed by atoms with Gasteiger partial charge < -0.3 is 10.4 Å².